The number of anilines is 1. The van der Waals surface area contributed by atoms with Crippen LogP contribution in [-0.2, 0) is 18.2 Å². The van der Waals surface area contributed by atoms with Crippen LogP contribution in [0.4, 0.5) is 5.69 Å². The van der Waals surface area contributed by atoms with Gasteiger partial charge in [0.25, 0.3) is 5.91 Å². The first-order valence-electron chi connectivity index (χ1n) is 16.7. The number of hydrogen-bond donors (Lipinski definition) is 1. The van der Waals surface area contributed by atoms with Crippen molar-refractivity contribution in [1.29, 1.82) is 0 Å². The Bertz CT molecular complexity index is 2330. The highest BCUT2D eigenvalue weighted by atomic mass is 35.5. The van der Waals surface area contributed by atoms with Crippen LogP contribution in [0.5, 0.6) is 5.75 Å². The zero-order chi connectivity index (χ0) is 35.6. The molecule has 0 saturated heterocycles. The summed E-state index contributed by atoms with van der Waals surface area (Å²) in [5, 5.41) is 7.81. The molecule has 0 fully saturated rings. The summed E-state index contributed by atoms with van der Waals surface area (Å²) in [7, 11) is 3.29. The lowest BCUT2D eigenvalue weighted by Gasteiger charge is -2.34. The van der Waals surface area contributed by atoms with E-state index in [9.17, 15) is 9.59 Å². The molecule has 4 heterocycles. The normalized spacial score (nSPS) is 14.5. The first kappa shape index (κ1) is 33.8. The van der Waals surface area contributed by atoms with E-state index in [-0.39, 0.29) is 11.9 Å². The number of aromatic nitrogens is 4. The van der Waals surface area contributed by atoms with Crippen LogP contribution in [0.2, 0.25) is 10.0 Å². The van der Waals surface area contributed by atoms with Crippen molar-refractivity contribution in [3.8, 4) is 16.9 Å². The number of hydrogen-bond acceptors (Lipinski definition) is 5. The lowest BCUT2D eigenvalue weighted by molar-refractivity contribution is 0.0600. The van der Waals surface area contributed by atoms with Gasteiger partial charge in [0.05, 0.1) is 41.2 Å². The average molecular weight is 713 g/mol. The topological polar surface area (TPSA) is 94.4 Å². The van der Waals surface area contributed by atoms with Crippen molar-refractivity contribution in [3.05, 3.63) is 98.0 Å². The summed E-state index contributed by atoms with van der Waals surface area (Å²) in [4.78, 5) is 32.4. The Morgan fingerprint density at radius 3 is 2.44 bits per heavy atom. The standard InChI is InChI=1S/C39H39Cl2N5O4/c1-20-15-26(16-21(2)35(20)41)50-14-8-9-27-28-11-12-30(40)34(33-23(4)43-44(6)24(33)5)36(28)46-22(3)19-45(38(47)37(27)46)32-18-42-31-13-10-25(17-29(31)32)39(48)49-7/h10-13,15-18,22,42H,8-9,14,19H2,1-7H3/t22-/m1/s1. The molecule has 3 aromatic heterocycles. The molecule has 1 aliphatic rings. The fourth-order valence-corrected chi connectivity index (χ4v) is 7.87. The molecule has 0 radical (unpaired) electrons. The second-order valence-electron chi connectivity index (χ2n) is 13.2. The fraction of sp³-hybridized carbons (Fsp3) is 0.308. The third kappa shape index (κ3) is 5.43. The van der Waals surface area contributed by atoms with E-state index in [0.29, 0.717) is 48.0 Å². The summed E-state index contributed by atoms with van der Waals surface area (Å²) in [6, 6.07) is 13.1. The van der Waals surface area contributed by atoms with E-state index in [1.54, 1.807) is 12.1 Å². The van der Waals surface area contributed by atoms with E-state index < -0.39 is 5.97 Å². The van der Waals surface area contributed by atoms with Gasteiger partial charge in [-0.15, -0.1) is 0 Å². The van der Waals surface area contributed by atoms with Crippen LogP contribution in [0.3, 0.4) is 0 Å². The molecule has 1 aliphatic heterocycles. The summed E-state index contributed by atoms with van der Waals surface area (Å²) in [6.07, 6.45) is 3.11. The van der Waals surface area contributed by atoms with Gasteiger partial charge in [-0.3, -0.25) is 9.48 Å². The molecule has 0 bridgehead atoms. The Hall–Kier alpha value is -4.73. The maximum absolute atomic E-state index is 14.9. The number of aromatic amines is 1. The van der Waals surface area contributed by atoms with Crippen LogP contribution in [-0.4, -0.2) is 51.5 Å². The zero-order valence-corrected chi connectivity index (χ0v) is 30.7. The first-order valence-corrected chi connectivity index (χ1v) is 17.4. The first-order chi connectivity index (χ1) is 23.9. The Morgan fingerprint density at radius 2 is 1.76 bits per heavy atom. The van der Waals surface area contributed by atoms with Crippen molar-refractivity contribution < 1.29 is 19.1 Å². The average Bonchev–Trinajstić information content (AvgIpc) is 3.74. The second kappa shape index (κ2) is 12.9. The number of H-pyrrole nitrogens is 1. The van der Waals surface area contributed by atoms with Gasteiger partial charge in [0.15, 0.2) is 0 Å². The lowest BCUT2D eigenvalue weighted by Crippen LogP contribution is -2.42. The molecule has 0 unspecified atom stereocenters. The smallest absolute Gasteiger partial charge is 0.337 e. The molecule has 6 aromatic rings. The minimum absolute atomic E-state index is 0.113. The molecular formula is C39H39Cl2N5O4. The summed E-state index contributed by atoms with van der Waals surface area (Å²) in [6.45, 7) is 11.0. The number of halogens is 2. The Balaban J connectivity index is 1.36. The van der Waals surface area contributed by atoms with Crippen LogP contribution in [0.1, 0.15) is 68.3 Å². The van der Waals surface area contributed by atoms with Crippen LogP contribution < -0.4 is 9.64 Å². The summed E-state index contributed by atoms with van der Waals surface area (Å²) < 4.78 is 15.2. The Kier molecular flexibility index (Phi) is 8.68. The largest absolute Gasteiger partial charge is 0.494 e. The molecule has 50 heavy (non-hydrogen) atoms. The zero-order valence-electron chi connectivity index (χ0n) is 29.2. The van der Waals surface area contributed by atoms with Crippen LogP contribution in [0, 0.1) is 27.7 Å². The van der Waals surface area contributed by atoms with Crippen LogP contribution in [0.15, 0.2) is 48.7 Å². The van der Waals surface area contributed by atoms with Gasteiger partial charge in [0.2, 0.25) is 0 Å². The number of methoxy groups -OCH3 is 1. The predicted molar refractivity (Wildman–Crippen MR) is 199 cm³/mol. The third-order valence-electron chi connectivity index (χ3n) is 9.94. The number of carbonyl (C=O) groups excluding carboxylic acids is 2. The van der Waals surface area contributed by atoms with Gasteiger partial charge in [0.1, 0.15) is 11.4 Å². The highest BCUT2D eigenvalue weighted by Crippen LogP contribution is 2.45. The van der Waals surface area contributed by atoms with Crippen molar-refractivity contribution in [2.45, 2.75) is 53.5 Å². The molecule has 1 N–H and O–H groups in total. The molecule has 7 rings (SSSR count). The lowest BCUT2D eigenvalue weighted by atomic mass is 9.98. The molecule has 0 aliphatic carbocycles. The van der Waals surface area contributed by atoms with E-state index in [1.807, 2.05) is 80.9 Å². The van der Waals surface area contributed by atoms with E-state index in [1.165, 1.54) is 7.11 Å². The number of esters is 1. The molecule has 11 heteroatoms. The van der Waals surface area contributed by atoms with Gasteiger partial charge in [-0.05, 0) is 101 Å². The molecule has 0 saturated carbocycles. The van der Waals surface area contributed by atoms with Gasteiger partial charge in [-0.2, -0.15) is 5.10 Å². The molecule has 258 valence electrons. The summed E-state index contributed by atoms with van der Waals surface area (Å²) in [5.41, 5.74) is 10.1. The SMILES string of the molecule is COC(=O)c1ccc2[nH]cc(N3C[C@@H](C)n4c(c(CCCOc5cc(C)c(Cl)c(C)c5)c5ccc(Cl)c(-c6c(C)nn(C)c6C)c54)C3=O)c2c1. The van der Waals surface area contributed by atoms with Crippen molar-refractivity contribution >= 4 is 62.6 Å². The number of amides is 1. The quantitative estimate of drug-likeness (QED) is 0.126. The number of benzene rings is 3. The second-order valence-corrected chi connectivity index (χ2v) is 14.0. The number of nitrogens with one attached hydrogen (secondary N) is 1. The third-order valence-corrected chi connectivity index (χ3v) is 10.8. The number of fused-ring (bicyclic) bond motifs is 4. The van der Waals surface area contributed by atoms with Gasteiger partial charge >= 0.3 is 5.97 Å². The van der Waals surface area contributed by atoms with Gasteiger partial charge in [-0.25, -0.2) is 4.79 Å². The number of nitrogens with zero attached hydrogens (tertiary/aromatic N) is 4. The summed E-state index contributed by atoms with van der Waals surface area (Å²) >= 11 is 13.5. The van der Waals surface area contributed by atoms with E-state index >= 15 is 0 Å². The van der Waals surface area contributed by atoms with Crippen LogP contribution >= 0.6 is 23.2 Å². The highest BCUT2D eigenvalue weighted by Gasteiger charge is 2.37. The van der Waals surface area contributed by atoms with Crippen molar-refractivity contribution in [2.75, 3.05) is 25.2 Å². The van der Waals surface area contributed by atoms with Gasteiger partial charge < -0.3 is 23.9 Å². The van der Waals surface area contributed by atoms with E-state index in [4.69, 9.17) is 37.8 Å². The monoisotopic (exact) mass is 711 g/mol. The van der Waals surface area contributed by atoms with Gasteiger partial charge in [0, 0.05) is 64.0 Å². The minimum atomic E-state index is -0.434. The van der Waals surface area contributed by atoms with E-state index in [0.717, 1.165) is 71.8 Å². The highest BCUT2D eigenvalue weighted by molar-refractivity contribution is 6.35. The van der Waals surface area contributed by atoms with Crippen molar-refractivity contribution in [1.82, 2.24) is 19.3 Å². The fourth-order valence-electron chi connectivity index (χ4n) is 7.51. The molecule has 1 atom stereocenters. The van der Waals surface area contributed by atoms with Crippen molar-refractivity contribution in [2.24, 2.45) is 7.05 Å². The molecular weight excluding hydrogens is 673 g/mol. The molecule has 0 spiro atoms. The maximum atomic E-state index is 14.9. The predicted octanol–water partition coefficient (Wildman–Crippen LogP) is 9.08. The molecule has 9 nitrogen and oxygen atoms in total. The Labute approximate surface area is 300 Å². The molecule has 3 aromatic carbocycles. The summed E-state index contributed by atoms with van der Waals surface area (Å²) in [5.74, 6) is 0.216. The number of aryl methyl sites for hydroxylation is 5. The van der Waals surface area contributed by atoms with Crippen molar-refractivity contribution in [3.63, 3.8) is 0 Å². The maximum Gasteiger partial charge on any atom is 0.337 e. The number of ether oxygens (including phenoxy) is 2. The Morgan fingerprint density at radius 1 is 1.02 bits per heavy atom. The number of carbonyl (C=O) groups is 2. The van der Waals surface area contributed by atoms with Gasteiger partial charge in [-0.1, -0.05) is 29.3 Å². The number of rotatable bonds is 8. The van der Waals surface area contributed by atoms with Crippen LogP contribution in [0.25, 0.3) is 32.9 Å². The molecule has 1 amide bonds. The van der Waals surface area contributed by atoms with E-state index in [2.05, 4.69) is 16.5 Å². The minimum Gasteiger partial charge on any atom is -0.494 e.